The molecule has 0 bridgehead atoms. The van der Waals surface area contributed by atoms with Gasteiger partial charge < -0.3 is 4.90 Å². The first-order valence-corrected chi connectivity index (χ1v) is 11.0. The van der Waals surface area contributed by atoms with Gasteiger partial charge in [-0.25, -0.2) is 8.42 Å². The zero-order valence-corrected chi connectivity index (χ0v) is 15.9. The minimum atomic E-state index is -3.41. The number of rotatable bonds is 4. The van der Waals surface area contributed by atoms with E-state index in [4.69, 9.17) is 0 Å². The second kappa shape index (κ2) is 7.31. The van der Waals surface area contributed by atoms with Crippen LogP contribution in [0.2, 0.25) is 0 Å². The number of fused-ring (bicyclic) bond motifs is 1. The van der Waals surface area contributed by atoms with Gasteiger partial charge in [0.1, 0.15) is 0 Å². The van der Waals surface area contributed by atoms with Crippen molar-refractivity contribution in [1.82, 2.24) is 4.98 Å². The predicted molar refractivity (Wildman–Crippen MR) is 105 cm³/mol. The van der Waals surface area contributed by atoms with Crippen LogP contribution in [-0.2, 0) is 16.4 Å². The molecule has 1 aliphatic heterocycles. The maximum absolute atomic E-state index is 12.8. The summed E-state index contributed by atoms with van der Waals surface area (Å²) in [7, 11) is -3.41. The normalized spacial score (nSPS) is 17.6. The molecule has 1 fully saturated rings. The lowest BCUT2D eigenvalue weighted by molar-refractivity contribution is 0.0989. The molecule has 27 heavy (non-hydrogen) atoms. The minimum Gasteiger partial charge on any atom is -0.308 e. The third-order valence-corrected chi connectivity index (χ3v) is 7.25. The van der Waals surface area contributed by atoms with E-state index < -0.39 is 10.0 Å². The lowest BCUT2D eigenvalue weighted by atomic mass is 10.0. The molecule has 0 saturated heterocycles. The van der Waals surface area contributed by atoms with Crippen molar-refractivity contribution >= 4 is 27.3 Å². The molecule has 6 nitrogen and oxygen atoms in total. The maximum Gasteiger partial charge on any atom is 0.259 e. The van der Waals surface area contributed by atoms with E-state index in [0.717, 1.165) is 36.9 Å². The molecule has 0 atom stereocenters. The Balaban J connectivity index is 1.57. The van der Waals surface area contributed by atoms with Crippen LogP contribution in [0.15, 0.2) is 42.7 Å². The molecule has 2 aromatic rings. The molecule has 1 aromatic carbocycles. The van der Waals surface area contributed by atoms with E-state index in [2.05, 4.69) is 9.71 Å². The van der Waals surface area contributed by atoms with Crippen molar-refractivity contribution in [2.75, 3.05) is 16.2 Å². The van der Waals surface area contributed by atoms with Gasteiger partial charge in [-0.3, -0.25) is 14.5 Å². The first-order valence-electron chi connectivity index (χ1n) is 9.41. The summed E-state index contributed by atoms with van der Waals surface area (Å²) in [6, 6.07) is 8.95. The number of carbonyl (C=O) groups excluding carboxylic acids is 1. The Morgan fingerprint density at radius 1 is 1.15 bits per heavy atom. The fraction of sp³-hybridized carbons (Fsp3) is 0.400. The zero-order valence-electron chi connectivity index (χ0n) is 15.1. The molecule has 0 radical (unpaired) electrons. The van der Waals surface area contributed by atoms with Gasteiger partial charge in [-0.05, 0) is 49.1 Å². The number of carbonyl (C=O) groups is 1. The van der Waals surface area contributed by atoms with E-state index >= 15 is 0 Å². The summed E-state index contributed by atoms with van der Waals surface area (Å²) in [4.78, 5) is 18.5. The molecule has 1 amide bonds. The number of nitrogens with one attached hydrogen (secondary N) is 1. The molecule has 0 spiro atoms. The Labute approximate surface area is 159 Å². The predicted octanol–water partition coefficient (Wildman–Crippen LogP) is 3.36. The number of amides is 1. The third kappa shape index (κ3) is 3.69. The number of nitrogens with zero attached hydrogens (tertiary/aromatic N) is 2. The second-order valence-electron chi connectivity index (χ2n) is 7.20. The number of benzene rings is 1. The highest BCUT2D eigenvalue weighted by atomic mass is 32.2. The van der Waals surface area contributed by atoms with Crippen molar-refractivity contribution in [3.05, 3.63) is 53.9 Å². The summed E-state index contributed by atoms with van der Waals surface area (Å²) in [6.45, 7) is 0.585. The standard InChI is InChI=1S/C20H23N3O3S/c24-20(16-5-4-11-21-14-16)23-12-10-15-8-9-17(13-19(15)23)22-27(25,26)18-6-2-1-3-7-18/h4-5,8-9,11,13-14,18,22H,1-3,6-7,10,12H2. The molecule has 0 unspecified atom stereocenters. The van der Waals surface area contributed by atoms with Crippen LogP contribution in [0.5, 0.6) is 0 Å². The maximum atomic E-state index is 12.8. The second-order valence-corrected chi connectivity index (χ2v) is 9.16. The molecular weight excluding hydrogens is 362 g/mol. The number of hydrogen-bond acceptors (Lipinski definition) is 4. The van der Waals surface area contributed by atoms with Crippen LogP contribution >= 0.6 is 0 Å². The average molecular weight is 385 g/mol. The molecule has 1 aliphatic carbocycles. The van der Waals surface area contributed by atoms with E-state index in [1.165, 1.54) is 0 Å². The molecule has 7 heteroatoms. The zero-order chi connectivity index (χ0) is 18.9. The third-order valence-electron chi connectivity index (χ3n) is 5.39. The van der Waals surface area contributed by atoms with Crippen molar-refractivity contribution in [1.29, 1.82) is 0 Å². The highest BCUT2D eigenvalue weighted by molar-refractivity contribution is 7.93. The number of anilines is 2. The van der Waals surface area contributed by atoms with E-state index in [1.807, 2.05) is 6.07 Å². The van der Waals surface area contributed by atoms with Crippen molar-refractivity contribution in [3.63, 3.8) is 0 Å². The van der Waals surface area contributed by atoms with Gasteiger partial charge in [-0.1, -0.05) is 25.3 Å². The summed E-state index contributed by atoms with van der Waals surface area (Å²) in [5.41, 5.74) is 2.87. The lowest BCUT2D eigenvalue weighted by Crippen LogP contribution is -2.30. The van der Waals surface area contributed by atoms with Gasteiger partial charge in [0.2, 0.25) is 10.0 Å². The quantitative estimate of drug-likeness (QED) is 0.875. The van der Waals surface area contributed by atoms with Gasteiger partial charge in [0, 0.05) is 24.6 Å². The Morgan fingerprint density at radius 3 is 2.70 bits per heavy atom. The fourth-order valence-electron chi connectivity index (χ4n) is 3.92. The van der Waals surface area contributed by atoms with Gasteiger partial charge in [-0.2, -0.15) is 0 Å². The van der Waals surface area contributed by atoms with Crippen molar-refractivity contribution < 1.29 is 13.2 Å². The number of hydrogen-bond donors (Lipinski definition) is 1. The smallest absolute Gasteiger partial charge is 0.259 e. The molecule has 1 aromatic heterocycles. The summed E-state index contributed by atoms with van der Waals surface area (Å²) < 4.78 is 28.1. The van der Waals surface area contributed by atoms with Crippen molar-refractivity contribution in [2.24, 2.45) is 0 Å². The molecule has 2 aliphatic rings. The van der Waals surface area contributed by atoms with Crippen LogP contribution in [0.1, 0.15) is 48.0 Å². The SMILES string of the molecule is O=C(c1cccnc1)N1CCc2ccc(NS(=O)(=O)C3CCCCC3)cc21. The lowest BCUT2D eigenvalue weighted by Gasteiger charge is -2.23. The Hall–Kier alpha value is -2.41. The Morgan fingerprint density at radius 2 is 1.96 bits per heavy atom. The van der Waals surface area contributed by atoms with Gasteiger partial charge in [-0.15, -0.1) is 0 Å². The van der Waals surface area contributed by atoms with E-state index in [0.29, 0.717) is 30.6 Å². The van der Waals surface area contributed by atoms with Gasteiger partial charge >= 0.3 is 0 Å². The van der Waals surface area contributed by atoms with Crippen LogP contribution < -0.4 is 9.62 Å². The first-order chi connectivity index (χ1) is 13.0. The van der Waals surface area contributed by atoms with Crippen LogP contribution in [0.25, 0.3) is 0 Å². The van der Waals surface area contributed by atoms with Crippen molar-refractivity contribution in [3.8, 4) is 0 Å². The van der Waals surface area contributed by atoms with Crippen LogP contribution in [0.3, 0.4) is 0 Å². The molecular formula is C20H23N3O3S. The van der Waals surface area contributed by atoms with Gasteiger partial charge in [0.25, 0.3) is 5.91 Å². The monoisotopic (exact) mass is 385 g/mol. The van der Waals surface area contributed by atoms with Gasteiger partial charge in [0.05, 0.1) is 16.5 Å². The van der Waals surface area contributed by atoms with Crippen LogP contribution in [0, 0.1) is 0 Å². The topological polar surface area (TPSA) is 79.4 Å². The fourth-order valence-corrected chi connectivity index (χ4v) is 5.50. The number of pyridine rings is 1. The average Bonchev–Trinajstić information content (AvgIpc) is 3.12. The summed E-state index contributed by atoms with van der Waals surface area (Å²) in [6.07, 6.45) is 8.40. The molecule has 142 valence electrons. The summed E-state index contributed by atoms with van der Waals surface area (Å²) in [5, 5.41) is -0.326. The molecule has 4 rings (SSSR count). The molecule has 1 saturated carbocycles. The van der Waals surface area contributed by atoms with Crippen LogP contribution in [0.4, 0.5) is 11.4 Å². The highest BCUT2D eigenvalue weighted by Gasteiger charge is 2.29. The van der Waals surface area contributed by atoms with E-state index in [9.17, 15) is 13.2 Å². The minimum absolute atomic E-state index is 0.117. The molecule has 1 N–H and O–H groups in total. The van der Waals surface area contributed by atoms with E-state index in [1.54, 1.807) is 41.6 Å². The first kappa shape index (κ1) is 18.0. The van der Waals surface area contributed by atoms with Crippen molar-refractivity contribution in [2.45, 2.75) is 43.8 Å². The Kier molecular flexibility index (Phi) is 4.86. The van der Waals surface area contributed by atoms with Crippen LogP contribution in [-0.4, -0.2) is 31.1 Å². The number of sulfonamides is 1. The van der Waals surface area contributed by atoms with Gasteiger partial charge in [0.15, 0.2) is 0 Å². The Bertz CT molecular complexity index is 938. The summed E-state index contributed by atoms with van der Waals surface area (Å²) >= 11 is 0. The van der Waals surface area contributed by atoms with E-state index in [-0.39, 0.29) is 11.2 Å². The number of aromatic nitrogens is 1. The summed E-state index contributed by atoms with van der Waals surface area (Å²) in [5.74, 6) is -0.117. The largest absolute Gasteiger partial charge is 0.308 e. The highest BCUT2D eigenvalue weighted by Crippen LogP contribution is 2.33. The molecule has 2 heterocycles.